The number of rotatable bonds is 4. The molecule has 2 heterocycles. The Bertz CT molecular complexity index is 609. The summed E-state index contributed by atoms with van der Waals surface area (Å²) in [5.41, 5.74) is 0.696. The molecule has 1 spiro atoms. The van der Waals surface area contributed by atoms with E-state index in [-0.39, 0.29) is 16.1 Å². The number of pyridine rings is 1. The molecule has 7 nitrogen and oxygen atoms in total. The van der Waals surface area contributed by atoms with E-state index in [1.165, 1.54) is 51.5 Å². The molecule has 1 saturated heterocycles. The zero-order chi connectivity index (χ0) is 20.8. The molecule has 1 aromatic heterocycles. The van der Waals surface area contributed by atoms with Crippen molar-refractivity contribution in [1.82, 2.24) is 15.0 Å². The summed E-state index contributed by atoms with van der Waals surface area (Å²) >= 11 is -0.925. The molecule has 28 heavy (non-hydrogen) atoms. The van der Waals surface area contributed by atoms with Crippen molar-refractivity contribution in [2.75, 3.05) is 20.2 Å². The highest BCUT2D eigenvalue weighted by molar-refractivity contribution is 7.90. The number of piperidine rings is 1. The fraction of sp³-hybridized carbons (Fsp3) is 0.737. The van der Waals surface area contributed by atoms with Crippen molar-refractivity contribution in [3.63, 3.8) is 0 Å². The molecule has 4 N–H and O–H groups in total. The number of methoxy groups -OCH3 is 1. The van der Waals surface area contributed by atoms with Gasteiger partial charge in [0.05, 0.1) is 13.2 Å². The van der Waals surface area contributed by atoms with E-state index in [2.05, 4.69) is 15.0 Å². The van der Waals surface area contributed by atoms with Crippen molar-refractivity contribution >= 4 is 23.9 Å². The minimum atomic E-state index is -1.53. The van der Waals surface area contributed by atoms with E-state index in [0.717, 1.165) is 13.1 Å². The van der Waals surface area contributed by atoms with Gasteiger partial charge in [-0.1, -0.05) is 12.5 Å². The number of ether oxygens (including phenoxy) is 1. The predicted molar refractivity (Wildman–Crippen MR) is 114 cm³/mol. The molecule has 1 aliphatic carbocycles. The molecule has 9 heteroatoms. The highest BCUT2D eigenvalue weighted by atomic mass is 32.2. The van der Waals surface area contributed by atoms with Crippen LogP contribution in [0.25, 0.3) is 0 Å². The Balaban J connectivity index is 0.000000221. The fourth-order valence-electron chi connectivity index (χ4n) is 3.92. The Labute approximate surface area is 172 Å². The van der Waals surface area contributed by atoms with Gasteiger partial charge in [-0.05, 0) is 71.0 Å². The van der Waals surface area contributed by atoms with Crippen LogP contribution in [0.15, 0.2) is 18.3 Å². The van der Waals surface area contributed by atoms with Crippen LogP contribution in [0.3, 0.4) is 0 Å². The van der Waals surface area contributed by atoms with Crippen molar-refractivity contribution in [3.8, 4) is 5.88 Å². The molecule has 1 aliphatic heterocycles. The number of aromatic nitrogens is 1. The monoisotopic (exact) mass is 411 g/mol. The smallest absolute Gasteiger partial charge is 0.493 e. The average Bonchev–Trinajstić information content (AvgIpc) is 3.03. The van der Waals surface area contributed by atoms with Gasteiger partial charge in [0.15, 0.2) is 0 Å². The fourth-order valence-corrected chi connectivity index (χ4v) is 4.90. The third kappa shape index (κ3) is 6.08. The van der Waals surface area contributed by atoms with Gasteiger partial charge in [-0.2, -0.15) is 0 Å². The van der Waals surface area contributed by atoms with Gasteiger partial charge in [-0.25, -0.2) is 4.98 Å². The maximum atomic E-state index is 12.2. The molecule has 0 bridgehead atoms. The van der Waals surface area contributed by atoms with Crippen molar-refractivity contribution in [2.45, 2.75) is 63.7 Å². The average molecular weight is 411 g/mol. The number of hydrogen-bond acceptors (Lipinski definition) is 7. The number of nitrogens with one attached hydrogen (secondary N) is 2. The lowest BCUT2D eigenvalue weighted by atomic mass is 9.75. The molecule has 2 atom stereocenters. The molecular formula is C19H34BN3O4S. The lowest BCUT2D eigenvalue weighted by molar-refractivity contribution is 0.173. The Morgan fingerprint density at radius 3 is 2.54 bits per heavy atom. The van der Waals surface area contributed by atoms with Crippen molar-refractivity contribution in [1.29, 1.82) is 0 Å². The maximum Gasteiger partial charge on any atom is 0.493 e. The van der Waals surface area contributed by atoms with E-state index in [0.29, 0.717) is 11.5 Å². The first-order chi connectivity index (χ1) is 13.2. The van der Waals surface area contributed by atoms with Crippen LogP contribution in [-0.2, 0) is 11.4 Å². The molecule has 0 amide bonds. The largest absolute Gasteiger partial charge is 0.598 e. The van der Waals surface area contributed by atoms with E-state index in [9.17, 15) is 4.55 Å². The highest BCUT2D eigenvalue weighted by Crippen LogP contribution is 2.45. The quantitative estimate of drug-likeness (QED) is 0.427. The zero-order valence-electron chi connectivity index (χ0n) is 17.4. The van der Waals surface area contributed by atoms with Crippen molar-refractivity contribution < 1.29 is 19.3 Å². The Kier molecular flexibility index (Phi) is 8.60. The summed E-state index contributed by atoms with van der Waals surface area (Å²) in [6, 6.07) is 3.61. The SMILES string of the molecule is CC(C)(C)[S+]([O-])N[C@@H]1CCCC12CCNCC2.COc1ncccc1B(O)O. The third-order valence-electron chi connectivity index (χ3n) is 5.58. The molecule has 1 saturated carbocycles. The zero-order valence-corrected chi connectivity index (χ0v) is 18.2. The molecular weight excluding hydrogens is 377 g/mol. The van der Waals surface area contributed by atoms with Gasteiger partial charge < -0.3 is 24.7 Å². The molecule has 2 aliphatic rings. The summed E-state index contributed by atoms with van der Waals surface area (Å²) in [5, 5.41) is 21.0. The van der Waals surface area contributed by atoms with Crippen LogP contribution in [0.4, 0.5) is 0 Å². The van der Waals surface area contributed by atoms with E-state index >= 15 is 0 Å². The minimum Gasteiger partial charge on any atom is -0.598 e. The molecule has 1 aromatic rings. The van der Waals surface area contributed by atoms with Crippen LogP contribution in [0, 0.1) is 5.41 Å². The van der Waals surface area contributed by atoms with Gasteiger partial charge in [0.1, 0.15) is 4.75 Å². The van der Waals surface area contributed by atoms with Crippen LogP contribution >= 0.6 is 0 Å². The summed E-state index contributed by atoms with van der Waals surface area (Å²) in [6.07, 6.45) is 7.80. The Hall–Kier alpha value is -0.835. The van der Waals surface area contributed by atoms with Crippen molar-refractivity contribution in [2.24, 2.45) is 5.41 Å². The van der Waals surface area contributed by atoms with Crippen LogP contribution in [0.5, 0.6) is 5.88 Å². The standard InChI is InChI=1S/C13H26N2OS.C6H8BNO3/c1-12(2,3)17(16)15-11-5-4-6-13(11)7-9-14-10-8-13;1-11-6-5(7(9)10)3-2-4-8-6/h11,14-15H,4-10H2,1-3H3;2-4,9-10H,1H3/t11-,17?;/m1./s1. The highest BCUT2D eigenvalue weighted by Gasteiger charge is 2.46. The first kappa shape index (κ1) is 23.4. The lowest BCUT2D eigenvalue weighted by Crippen LogP contribution is -2.52. The van der Waals surface area contributed by atoms with E-state index < -0.39 is 18.5 Å². The summed E-state index contributed by atoms with van der Waals surface area (Å²) in [4.78, 5) is 3.78. The van der Waals surface area contributed by atoms with Gasteiger partial charge in [-0.15, -0.1) is 4.72 Å². The molecule has 0 aromatic carbocycles. The summed E-state index contributed by atoms with van der Waals surface area (Å²) in [5.74, 6) is 0.238. The van der Waals surface area contributed by atoms with E-state index in [4.69, 9.17) is 14.8 Å². The summed E-state index contributed by atoms with van der Waals surface area (Å²) in [7, 11) is -0.104. The Morgan fingerprint density at radius 1 is 1.32 bits per heavy atom. The molecule has 3 rings (SSSR count). The van der Waals surface area contributed by atoms with E-state index in [1.54, 1.807) is 6.07 Å². The van der Waals surface area contributed by atoms with Gasteiger partial charge in [-0.3, -0.25) is 0 Å². The second kappa shape index (κ2) is 10.3. The van der Waals surface area contributed by atoms with Crippen LogP contribution in [-0.4, -0.2) is 57.7 Å². The minimum absolute atomic E-state index is 0.156. The third-order valence-corrected chi connectivity index (χ3v) is 7.19. The van der Waals surface area contributed by atoms with E-state index in [1.807, 2.05) is 20.8 Å². The topological polar surface area (TPSA) is 110 Å². The summed E-state index contributed by atoms with van der Waals surface area (Å²) in [6.45, 7) is 8.38. The predicted octanol–water partition coefficient (Wildman–Crippen LogP) is 0.731. The maximum absolute atomic E-state index is 12.2. The first-order valence-corrected chi connectivity index (χ1v) is 11.1. The van der Waals surface area contributed by atoms with Crippen LogP contribution in [0.2, 0.25) is 0 Å². The molecule has 2 fully saturated rings. The molecule has 0 radical (unpaired) electrons. The second-order valence-electron chi connectivity index (χ2n) is 8.53. The van der Waals surface area contributed by atoms with Gasteiger partial charge in [0.25, 0.3) is 0 Å². The molecule has 158 valence electrons. The van der Waals surface area contributed by atoms with Crippen LogP contribution < -0.4 is 20.2 Å². The Morgan fingerprint density at radius 2 is 2.00 bits per heavy atom. The number of hydrogen-bond donors (Lipinski definition) is 4. The lowest BCUT2D eigenvalue weighted by Gasteiger charge is -2.40. The van der Waals surface area contributed by atoms with Gasteiger partial charge in [0.2, 0.25) is 5.88 Å². The summed E-state index contributed by atoms with van der Waals surface area (Å²) < 4.78 is 20.3. The van der Waals surface area contributed by atoms with Crippen LogP contribution in [0.1, 0.15) is 52.9 Å². The normalized spacial score (nSPS) is 22.3. The second-order valence-corrected chi connectivity index (χ2v) is 10.5. The molecule has 1 unspecified atom stereocenters. The number of nitrogens with zero attached hydrogens (tertiary/aromatic N) is 1. The van der Waals surface area contributed by atoms with Crippen molar-refractivity contribution in [3.05, 3.63) is 18.3 Å². The first-order valence-electron chi connectivity index (χ1n) is 9.93. The van der Waals surface area contributed by atoms with Gasteiger partial charge >= 0.3 is 7.12 Å². The van der Waals surface area contributed by atoms with Gasteiger partial charge in [0, 0.05) is 23.0 Å².